The molecule has 3 heterocycles. The SMILES string of the molecule is CC[C@@H]1CN(Cc2cc(-c3cccnc3)no2)CC[C@@H]1NC(=O)c1ccccc1. The number of hydrogen-bond acceptors (Lipinski definition) is 5. The monoisotopic (exact) mass is 390 g/mol. The van der Waals surface area contributed by atoms with E-state index >= 15 is 0 Å². The third-order valence-electron chi connectivity index (χ3n) is 5.59. The molecule has 29 heavy (non-hydrogen) atoms. The van der Waals surface area contributed by atoms with Crippen LogP contribution in [0.4, 0.5) is 0 Å². The Morgan fingerprint density at radius 2 is 2.10 bits per heavy atom. The third-order valence-corrected chi connectivity index (χ3v) is 5.59. The number of aromatic nitrogens is 2. The molecule has 6 nitrogen and oxygen atoms in total. The highest BCUT2D eigenvalue weighted by atomic mass is 16.5. The van der Waals surface area contributed by atoms with Crippen molar-refractivity contribution in [1.82, 2.24) is 20.4 Å². The second kappa shape index (κ2) is 9.01. The molecular formula is C23H26N4O2. The molecule has 1 N–H and O–H groups in total. The topological polar surface area (TPSA) is 71.3 Å². The fraction of sp³-hybridized carbons (Fsp3) is 0.348. The summed E-state index contributed by atoms with van der Waals surface area (Å²) in [6.07, 6.45) is 5.49. The summed E-state index contributed by atoms with van der Waals surface area (Å²) in [4.78, 5) is 19.0. The zero-order valence-electron chi connectivity index (χ0n) is 16.6. The van der Waals surface area contributed by atoms with Crippen molar-refractivity contribution in [2.45, 2.75) is 32.4 Å². The molecule has 3 aromatic rings. The van der Waals surface area contributed by atoms with Gasteiger partial charge in [-0.3, -0.25) is 14.7 Å². The number of likely N-dealkylation sites (tertiary alicyclic amines) is 1. The largest absolute Gasteiger partial charge is 0.359 e. The summed E-state index contributed by atoms with van der Waals surface area (Å²) in [6.45, 7) is 4.76. The van der Waals surface area contributed by atoms with Crippen LogP contribution in [0.15, 0.2) is 65.4 Å². The lowest BCUT2D eigenvalue weighted by atomic mass is 9.89. The van der Waals surface area contributed by atoms with Crippen molar-refractivity contribution in [2.24, 2.45) is 5.92 Å². The number of nitrogens with one attached hydrogen (secondary N) is 1. The summed E-state index contributed by atoms with van der Waals surface area (Å²) in [6, 6.07) is 15.5. The molecule has 1 fully saturated rings. The van der Waals surface area contributed by atoms with Crippen LogP contribution in [0.3, 0.4) is 0 Å². The second-order valence-electron chi connectivity index (χ2n) is 7.56. The Balaban J connectivity index is 1.35. The van der Waals surface area contributed by atoms with Crippen LogP contribution in [0.25, 0.3) is 11.3 Å². The number of carbonyl (C=O) groups is 1. The number of carbonyl (C=O) groups excluding carboxylic acids is 1. The van der Waals surface area contributed by atoms with Crippen molar-refractivity contribution in [2.75, 3.05) is 13.1 Å². The minimum Gasteiger partial charge on any atom is -0.359 e. The van der Waals surface area contributed by atoms with Gasteiger partial charge < -0.3 is 9.84 Å². The van der Waals surface area contributed by atoms with Gasteiger partial charge in [-0.15, -0.1) is 0 Å². The van der Waals surface area contributed by atoms with Gasteiger partial charge in [0.2, 0.25) is 0 Å². The van der Waals surface area contributed by atoms with Crippen LogP contribution < -0.4 is 5.32 Å². The number of benzene rings is 1. The van der Waals surface area contributed by atoms with E-state index in [2.05, 4.69) is 27.3 Å². The molecule has 2 aromatic heterocycles. The predicted molar refractivity (Wildman–Crippen MR) is 111 cm³/mol. The lowest BCUT2D eigenvalue weighted by Gasteiger charge is -2.38. The number of hydrogen-bond donors (Lipinski definition) is 1. The molecule has 0 aliphatic carbocycles. The summed E-state index contributed by atoms with van der Waals surface area (Å²) in [5, 5.41) is 7.42. The lowest BCUT2D eigenvalue weighted by Crippen LogP contribution is -2.50. The molecule has 0 saturated carbocycles. The van der Waals surface area contributed by atoms with E-state index in [-0.39, 0.29) is 11.9 Å². The first-order chi connectivity index (χ1) is 14.2. The standard InChI is InChI=1S/C23H26N4O2/c1-2-17-15-27(12-10-21(17)25-23(28)18-7-4-3-5-8-18)16-20-13-22(26-29-20)19-9-6-11-24-14-19/h3-9,11,13-14,17,21H,2,10,12,15-16H2,1H3,(H,25,28)/t17-,21+/m1/s1. The van der Waals surface area contributed by atoms with Crippen LogP contribution in [0.5, 0.6) is 0 Å². The molecule has 0 unspecified atom stereocenters. The average molecular weight is 390 g/mol. The van der Waals surface area contributed by atoms with Gasteiger partial charge in [0.25, 0.3) is 5.91 Å². The van der Waals surface area contributed by atoms with Crippen molar-refractivity contribution in [3.8, 4) is 11.3 Å². The van der Waals surface area contributed by atoms with E-state index < -0.39 is 0 Å². The van der Waals surface area contributed by atoms with E-state index in [0.29, 0.717) is 5.92 Å². The molecule has 2 atom stereocenters. The van der Waals surface area contributed by atoms with Crippen molar-refractivity contribution < 1.29 is 9.32 Å². The van der Waals surface area contributed by atoms with E-state index in [9.17, 15) is 4.79 Å². The fourth-order valence-electron chi connectivity index (χ4n) is 3.95. The zero-order valence-corrected chi connectivity index (χ0v) is 16.6. The quantitative estimate of drug-likeness (QED) is 0.694. The highest BCUT2D eigenvalue weighted by Gasteiger charge is 2.30. The number of nitrogens with zero attached hydrogens (tertiary/aromatic N) is 3. The smallest absolute Gasteiger partial charge is 0.251 e. The summed E-state index contributed by atoms with van der Waals surface area (Å²) in [5.41, 5.74) is 2.48. The first-order valence-corrected chi connectivity index (χ1v) is 10.2. The number of amides is 1. The maximum Gasteiger partial charge on any atom is 0.251 e. The van der Waals surface area contributed by atoms with Crippen molar-refractivity contribution in [3.63, 3.8) is 0 Å². The summed E-state index contributed by atoms with van der Waals surface area (Å²) in [5.74, 6) is 1.28. The number of rotatable bonds is 6. The average Bonchev–Trinajstić information content (AvgIpc) is 3.24. The molecule has 4 rings (SSSR count). The lowest BCUT2D eigenvalue weighted by molar-refractivity contribution is 0.0826. The van der Waals surface area contributed by atoms with Gasteiger partial charge >= 0.3 is 0 Å². The number of piperidine rings is 1. The Bertz CT molecular complexity index is 926. The molecule has 0 spiro atoms. The van der Waals surface area contributed by atoms with Crippen LogP contribution in [0.1, 0.15) is 35.9 Å². The zero-order chi connectivity index (χ0) is 20.1. The van der Waals surface area contributed by atoms with Crippen LogP contribution in [0.2, 0.25) is 0 Å². The molecule has 6 heteroatoms. The van der Waals surface area contributed by atoms with E-state index in [1.807, 2.05) is 48.5 Å². The van der Waals surface area contributed by atoms with E-state index in [4.69, 9.17) is 4.52 Å². The second-order valence-corrected chi connectivity index (χ2v) is 7.56. The Morgan fingerprint density at radius 3 is 2.86 bits per heavy atom. The highest BCUT2D eigenvalue weighted by Crippen LogP contribution is 2.24. The van der Waals surface area contributed by atoms with Crippen molar-refractivity contribution in [1.29, 1.82) is 0 Å². The normalized spacial score (nSPS) is 19.8. The molecule has 0 bridgehead atoms. The Hall–Kier alpha value is -2.99. The van der Waals surface area contributed by atoms with Gasteiger partial charge in [-0.1, -0.05) is 36.7 Å². The molecular weight excluding hydrogens is 364 g/mol. The van der Waals surface area contributed by atoms with Gasteiger partial charge in [-0.25, -0.2) is 0 Å². The Labute approximate surface area is 170 Å². The summed E-state index contributed by atoms with van der Waals surface area (Å²) >= 11 is 0. The van der Waals surface area contributed by atoms with Gasteiger partial charge in [0.1, 0.15) is 5.69 Å². The van der Waals surface area contributed by atoms with Crippen LogP contribution >= 0.6 is 0 Å². The van der Waals surface area contributed by atoms with Gasteiger partial charge in [0.15, 0.2) is 5.76 Å². The first kappa shape index (κ1) is 19.3. The molecule has 1 aliphatic rings. The van der Waals surface area contributed by atoms with E-state index in [1.165, 1.54) is 0 Å². The molecule has 0 radical (unpaired) electrons. The van der Waals surface area contributed by atoms with Crippen LogP contribution in [-0.4, -0.2) is 40.1 Å². The minimum absolute atomic E-state index is 0.0128. The predicted octanol–water partition coefficient (Wildman–Crippen LogP) is 3.77. The Morgan fingerprint density at radius 1 is 1.24 bits per heavy atom. The molecule has 1 saturated heterocycles. The van der Waals surface area contributed by atoms with Gasteiger partial charge in [-0.2, -0.15) is 0 Å². The summed E-state index contributed by atoms with van der Waals surface area (Å²) in [7, 11) is 0. The molecule has 1 aliphatic heterocycles. The fourth-order valence-corrected chi connectivity index (χ4v) is 3.95. The van der Waals surface area contributed by atoms with Crippen molar-refractivity contribution in [3.05, 3.63) is 72.2 Å². The van der Waals surface area contributed by atoms with E-state index in [0.717, 1.165) is 55.1 Å². The third kappa shape index (κ3) is 4.71. The van der Waals surface area contributed by atoms with Gasteiger partial charge in [-0.05, 0) is 36.6 Å². The first-order valence-electron chi connectivity index (χ1n) is 10.2. The van der Waals surface area contributed by atoms with Gasteiger partial charge in [0, 0.05) is 48.7 Å². The van der Waals surface area contributed by atoms with Crippen LogP contribution in [-0.2, 0) is 6.54 Å². The maximum absolute atomic E-state index is 12.5. The maximum atomic E-state index is 12.5. The van der Waals surface area contributed by atoms with Crippen molar-refractivity contribution >= 4 is 5.91 Å². The number of pyridine rings is 1. The van der Waals surface area contributed by atoms with E-state index in [1.54, 1.807) is 12.4 Å². The minimum atomic E-state index is 0.0128. The van der Waals surface area contributed by atoms with Crippen LogP contribution in [0, 0.1) is 5.92 Å². The Kier molecular flexibility index (Phi) is 6.00. The summed E-state index contributed by atoms with van der Waals surface area (Å²) < 4.78 is 5.55. The highest BCUT2D eigenvalue weighted by molar-refractivity contribution is 5.94. The molecule has 1 aromatic carbocycles. The molecule has 150 valence electrons. The van der Waals surface area contributed by atoms with Gasteiger partial charge in [0.05, 0.1) is 6.54 Å². The molecule has 1 amide bonds.